The molecule has 1 aliphatic carbocycles. The van der Waals surface area contributed by atoms with Gasteiger partial charge in [-0.15, -0.1) is 0 Å². The molecule has 9 aromatic carbocycles. The highest BCUT2D eigenvalue weighted by atomic mass is 15.0. The number of hydrogen-bond donors (Lipinski definition) is 0. The van der Waals surface area contributed by atoms with Gasteiger partial charge in [-0.2, -0.15) is 0 Å². The molecular formula is C57H40N2. The Morgan fingerprint density at radius 3 is 1.27 bits per heavy atom. The first kappa shape index (κ1) is 33.7. The van der Waals surface area contributed by atoms with Crippen LogP contribution in [0.4, 0.5) is 0 Å². The van der Waals surface area contributed by atoms with Gasteiger partial charge in [0.25, 0.3) is 0 Å². The van der Waals surface area contributed by atoms with E-state index in [9.17, 15) is 0 Å². The van der Waals surface area contributed by atoms with Gasteiger partial charge in [0.15, 0.2) is 0 Å². The van der Waals surface area contributed by atoms with Crippen LogP contribution in [0.1, 0.15) is 25.0 Å². The molecule has 0 bridgehead atoms. The molecule has 1 aliphatic rings. The Bertz CT molecular complexity index is 3420. The van der Waals surface area contributed by atoms with Crippen LogP contribution in [-0.2, 0) is 5.41 Å². The van der Waals surface area contributed by atoms with Crippen molar-refractivity contribution in [3.05, 3.63) is 217 Å². The summed E-state index contributed by atoms with van der Waals surface area (Å²) < 4.78 is 4.88. The third-order valence-corrected chi connectivity index (χ3v) is 12.9. The Labute approximate surface area is 343 Å². The molecule has 2 heterocycles. The van der Waals surface area contributed by atoms with E-state index in [0.29, 0.717) is 0 Å². The maximum Gasteiger partial charge on any atom is 0.0544 e. The summed E-state index contributed by atoms with van der Waals surface area (Å²) in [5.74, 6) is 0. The van der Waals surface area contributed by atoms with E-state index in [4.69, 9.17) is 0 Å². The van der Waals surface area contributed by atoms with Crippen molar-refractivity contribution in [3.8, 4) is 55.9 Å². The van der Waals surface area contributed by atoms with Gasteiger partial charge in [0, 0.05) is 38.3 Å². The highest BCUT2D eigenvalue weighted by Crippen LogP contribution is 2.51. The summed E-state index contributed by atoms with van der Waals surface area (Å²) in [6, 6.07) is 76.1. The number of aromatic nitrogens is 2. The van der Waals surface area contributed by atoms with Gasteiger partial charge in [-0.05, 0) is 128 Å². The molecule has 0 N–H and O–H groups in total. The number of nitrogens with zero attached hydrogens (tertiary/aromatic N) is 2. The van der Waals surface area contributed by atoms with Gasteiger partial charge in [0.05, 0.1) is 22.1 Å². The number of para-hydroxylation sites is 1. The summed E-state index contributed by atoms with van der Waals surface area (Å²) >= 11 is 0. The van der Waals surface area contributed by atoms with E-state index in [1.165, 1.54) is 105 Å². The highest BCUT2D eigenvalue weighted by molar-refractivity contribution is 6.14. The van der Waals surface area contributed by atoms with Crippen LogP contribution in [0.15, 0.2) is 206 Å². The van der Waals surface area contributed by atoms with Crippen molar-refractivity contribution in [2.24, 2.45) is 0 Å². The normalized spacial score (nSPS) is 13.1. The molecule has 0 radical (unpaired) electrons. The zero-order valence-electron chi connectivity index (χ0n) is 33.0. The van der Waals surface area contributed by atoms with Crippen LogP contribution in [0.3, 0.4) is 0 Å². The smallest absolute Gasteiger partial charge is 0.0544 e. The topological polar surface area (TPSA) is 9.86 Å². The van der Waals surface area contributed by atoms with E-state index in [1.54, 1.807) is 0 Å². The molecule has 0 unspecified atom stereocenters. The monoisotopic (exact) mass is 752 g/mol. The summed E-state index contributed by atoms with van der Waals surface area (Å²) in [5.41, 5.74) is 19.9. The van der Waals surface area contributed by atoms with Crippen molar-refractivity contribution >= 4 is 43.6 Å². The van der Waals surface area contributed by atoms with Crippen molar-refractivity contribution < 1.29 is 0 Å². The van der Waals surface area contributed by atoms with E-state index in [2.05, 4.69) is 229 Å². The van der Waals surface area contributed by atoms with Gasteiger partial charge in [-0.3, -0.25) is 0 Å². The van der Waals surface area contributed by atoms with Gasteiger partial charge in [0.2, 0.25) is 0 Å². The molecule has 0 amide bonds. The first-order chi connectivity index (χ1) is 29.0. The van der Waals surface area contributed by atoms with Crippen molar-refractivity contribution in [3.63, 3.8) is 0 Å². The Kier molecular flexibility index (Phi) is 7.31. The van der Waals surface area contributed by atoms with Gasteiger partial charge >= 0.3 is 0 Å². The highest BCUT2D eigenvalue weighted by Gasteiger charge is 2.36. The van der Waals surface area contributed by atoms with Gasteiger partial charge in [0.1, 0.15) is 0 Å². The van der Waals surface area contributed by atoms with Crippen LogP contribution in [0.5, 0.6) is 0 Å². The van der Waals surface area contributed by atoms with Gasteiger partial charge < -0.3 is 9.13 Å². The van der Waals surface area contributed by atoms with Crippen LogP contribution in [-0.4, -0.2) is 9.13 Å². The number of hydrogen-bond acceptors (Lipinski definition) is 0. The fraction of sp³-hybridized carbons (Fsp3) is 0.0526. The van der Waals surface area contributed by atoms with E-state index in [0.717, 1.165) is 5.69 Å². The second-order valence-corrected chi connectivity index (χ2v) is 16.6. The minimum absolute atomic E-state index is 0.0812. The average Bonchev–Trinajstić information content (AvgIpc) is 3.88. The second-order valence-electron chi connectivity index (χ2n) is 16.6. The van der Waals surface area contributed by atoms with Crippen molar-refractivity contribution in [1.29, 1.82) is 0 Å². The Balaban J connectivity index is 1.07. The minimum atomic E-state index is -0.0812. The largest absolute Gasteiger partial charge is 0.309 e. The molecule has 2 aromatic heterocycles. The van der Waals surface area contributed by atoms with E-state index in [1.807, 2.05) is 0 Å². The van der Waals surface area contributed by atoms with Crippen molar-refractivity contribution in [1.82, 2.24) is 9.13 Å². The number of fused-ring (bicyclic) bond motifs is 9. The van der Waals surface area contributed by atoms with Crippen molar-refractivity contribution in [2.45, 2.75) is 19.3 Å². The molecule has 0 aliphatic heterocycles. The summed E-state index contributed by atoms with van der Waals surface area (Å²) in [4.78, 5) is 0. The van der Waals surface area contributed by atoms with E-state index in [-0.39, 0.29) is 5.41 Å². The summed E-state index contributed by atoms with van der Waals surface area (Å²) in [7, 11) is 0. The third kappa shape index (κ3) is 5.13. The average molecular weight is 753 g/mol. The van der Waals surface area contributed by atoms with Gasteiger partial charge in [-0.1, -0.05) is 147 Å². The fourth-order valence-electron chi connectivity index (χ4n) is 9.97. The lowest BCUT2D eigenvalue weighted by Crippen LogP contribution is -2.14. The predicted octanol–water partition coefficient (Wildman–Crippen LogP) is 15.2. The molecule has 278 valence electrons. The maximum absolute atomic E-state index is 2.47. The standard InChI is InChI=1S/C57H40N2/c1-57(2)51-21-13-12-20-45(51)46-35-50-49-34-42(26-31-55(49)59(56(50)36-52(46)57)43-18-10-5-11-19-43)41-25-30-54-48(33-41)47-32-40(38-16-8-4-9-17-38)24-29-53(47)58(54)44-27-22-39(23-28-44)37-14-6-3-7-15-37/h3-36H,1-2H3. The first-order valence-corrected chi connectivity index (χ1v) is 20.6. The molecular weight excluding hydrogens is 713 g/mol. The summed E-state index contributed by atoms with van der Waals surface area (Å²) in [5, 5.41) is 5.03. The first-order valence-electron chi connectivity index (χ1n) is 20.6. The molecule has 0 atom stereocenters. The predicted molar refractivity (Wildman–Crippen MR) is 249 cm³/mol. The molecule has 12 rings (SSSR count). The molecule has 11 aromatic rings. The maximum atomic E-state index is 2.47. The molecule has 0 saturated carbocycles. The zero-order chi connectivity index (χ0) is 39.2. The molecule has 2 heteroatoms. The Hall–Kier alpha value is -7.42. The molecule has 0 fully saturated rings. The second kappa shape index (κ2) is 12.8. The van der Waals surface area contributed by atoms with Crippen LogP contribution in [0.2, 0.25) is 0 Å². The van der Waals surface area contributed by atoms with Crippen LogP contribution in [0.25, 0.3) is 99.5 Å². The molecule has 2 nitrogen and oxygen atoms in total. The minimum Gasteiger partial charge on any atom is -0.309 e. The fourth-order valence-corrected chi connectivity index (χ4v) is 9.97. The Morgan fingerprint density at radius 1 is 0.288 bits per heavy atom. The molecule has 0 saturated heterocycles. The molecule has 0 spiro atoms. The lowest BCUT2D eigenvalue weighted by molar-refractivity contribution is 0.661. The summed E-state index contributed by atoms with van der Waals surface area (Å²) in [6.07, 6.45) is 0. The lowest BCUT2D eigenvalue weighted by Gasteiger charge is -2.21. The third-order valence-electron chi connectivity index (χ3n) is 12.9. The zero-order valence-corrected chi connectivity index (χ0v) is 33.0. The van der Waals surface area contributed by atoms with Crippen LogP contribution < -0.4 is 0 Å². The van der Waals surface area contributed by atoms with Crippen LogP contribution in [0, 0.1) is 0 Å². The molecule has 59 heavy (non-hydrogen) atoms. The van der Waals surface area contributed by atoms with E-state index < -0.39 is 0 Å². The number of rotatable bonds is 5. The van der Waals surface area contributed by atoms with Crippen molar-refractivity contribution in [2.75, 3.05) is 0 Å². The van der Waals surface area contributed by atoms with Gasteiger partial charge in [-0.25, -0.2) is 0 Å². The van der Waals surface area contributed by atoms with E-state index >= 15 is 0 Å². The summed E-state index contributed by atoms with van der Waals surface area (Å²) in [6.45, 7) is 4.74. The Morgan fingerprint density at radius 2 is 0.695 bits per heavy atom. The van der Waals surface area contributed by atoms with Crippen LogP contribution >= 0.6 is 0 Å². The quantitative estimate of drug-likeness (QED) is 0.166. The number of benzene rings is 9. The SMILES string of the molecule is CC1(C)c2ccccc2-c2cc3c4cc(-c5ccc6c(c5)c5cc(-c7ccccc7)ccc5n6-c5ccc(-c6ccccc6)cc5)ccc4n(-c4ccccc4)c3cc21. The lowest BCUT2D eigenvalue weighted by atomic mass is 9.82.